The van der Waals surface area contributed by atoms with Gasteiger partial charge < -0.3 is 0 Å². The van der Waals surface area contributed by atoms with Gasteiger partial charge in [0.2, 0.25) is 0 Å². The van der Waals surface area contributed by atoms with Crippen molar-refractivity contribution in [2.45, 2.75) is 39.7 Å². The van der Waals surface area contributed by atoms with E-state index in [1.165, 1.54) is 18.4 Å². The van der Waals surface area contributed by atoms with E-state index in [-0.39, 0.29) is 0 Å². The van der Waals surface area contributed by atoms with Crippen molar-refractivity contribution >= 4 is 0 Å². The average molecular weight is 193 g/mol. The highest BCUT2D eigenvalue weighted by Crippen LogP contribution is 2.49. The molecular formula is C13H23N. The molecule has 1 nitrogen and oxygen atoms in total. The molecule has 0 N–H and O–H groups in total. The predicted octanol–water partition coefficient (Wildman–Crippen LogP) is 2.93. The van der Waals surface area contributed by atoms with Gasteiger partial charge in [-0.25, -0.2) is 0 Å². The molecule has 0 amide bonds. The zero-order valence-corrected chi connectivity index (χ0v) is 10.0. The smallest absolute Gasteiger partial charge is 0.0195 e. The van der Waals surface area contributed by atoms with Crippen LogP contribution in [0.4, 0.5) is 0 Å². The molecule has 0 bridgehead atoms. The highest BCUT2D eigenvalue weighted by atomic mass is 15.2. The van der Waals surface area contributed by atoms with Gasteiger partial charge in [-0.3, -0.25) is 4.90 Å². The van der Waals surface area contributed by atoms with Crippen molar-refractivity contribution in [3.05, 3.63) is 12.2 Å². The molecule has 3 atom stereocenters. The number of rotatable bonds is 0. The molecule has 0 aromatic rings. The van der Waals surface area contributed by atoms with E-state index in [0.717, 1.165) is 24.4 Å². The molecule has 0 radical (unpaired) electrons. The zero-order chi connectivity index (χ0) is 10.5. The molecule has 80 valence electrons. The maximum Gasteiger partial charge on any atom is 0.0195 e. The highest BCUT2D eigenvalue weighted by Gasteiger charge is 2.48. The van der Waals surface area contributed by atoms with Crippen molar-refractivity contribution < 1.29 is 0 Å². The zero-order valence-electron chi connectivity index (χ0n) is 10.0. The topological polar surface area (TPSA) is 3.24 Å². The first-order chi connectivity index (χ1) is 6.41. The van der Waals surface area contributed by atoms with Gasteiger partial charge >= 0.3 is 0 Å². The van der Waals surface area contributed by atoms with Gasteiger partial charge in [0, 0.05) is 12.6 Å². The lowest BCUT2D eigenvalue weighted by molar-refractivity contribution is 0.135. The maximum atomic E-state index is 4.22. The van der Waals surface area contributed by atoms with Crippen molar-refractivity contribution in [2.24, 2.45) is 17.3 Å². The van der Waals surface area contributed by atoms with Gasteiger partial charge in [0.25, 0.3) is 0 Å². The van der Waals surface area contributed by atoms with E-state index in [9.17, 15) is 0 Å². The van der Waals surface area contributed by atoms with Crippen LogP contribution in [0.5, 0.6) is 0 Å². The van der Waals surface area contributed by atoms with Crippen LogP contribution in [0.25, 0.3) is 0 Å². The minimum atomic E-state index is 0.457. The van der Waals surface area contributed by atoms with Crippen LogP contribution in [0.15, 0.2) is 12.2 Å². The Morgan fingerprint density at radius 3 is 2.50 bits per heavy atom. The number of likely N-dealkylation sites (N-methyl/N-ethyl adjacent to an activating group) is 1. The van der Waals surface area contributed by atoms with Crippen LogP contribution in [0.1, 0.15) is 33.6 Å². The molecule has 1 saturated heterocycles. The Kier molecular flexibility index (Phi) is 2.26. The molecule has 2 rings (SSSR count). The van der Waals surface area contributed by atoms with Gasteiger partial charge in [-0.1, -0.05) is 32.9 Å². The summed E-state index contributed by atoms with van der Waals surface area (Å²) in [5, 5.41) is 0. The summed E-state index contributed by atoms with van der Waals surface area (Å²) in [5.41, 5.74) is 1.93. The molecule has 1 aliphatic heterocycles. The van der Waals surface area contributed by atoms with Crippen LogP contribution in [0.3, 0.4) is 0 Å². The van der Waals surface area contributed by atoms with Gasteiger partial charge in [0.05, 0.1) is 0 Å². The summed E-state index contributed by atoms with van der Waals surface area (Å²) in [4.78, 5) is 2.52. The molecule has 1 saturated carbocycles. The molecule has 1 aliphatic carbocycles. The van der Waals surface area contributed by atoms with E-state index in [0.29, 0.717) is 5.41 Å². The minimum absolute atomic E-state index is 0.457. The average Bonchev–Trinajstić information content (AvgIpc) is 2.53. The van der Waals surface area contributed by atoms with Crippen molar-refractivity contribution in [3.8, 4) is 0 Å². The van der Waals surface area contributed by atoms with Crippen LogP contribution in [0, 0.1) is 17.3 Å². The second-order valence-electron chi connectivity index (χ2n) is 6.22. The summed E-state index contributed by atoms with van der Waals surface area (Å²) < 4.78 is 0. The molecule has 0 aromatic carbocycles. The maximum absolute atomic E-state index is 4.22. The largest absolute Gasteiger partial charge is 0.299 e. The van der Waals surface area contributed by atoms with Crippen molar-refractivity contribution in [1.29, 1.82) is 0 Å². The van der Waals surface area contributed by atoms with Gasteiger partial charge in [0.1, 0.15) is 0 Å². The number of hydrogen-bond acceptors (Lipinski definition) is 1. The molecule has 2 aliphatic rings. The molecule has 1 heteroatoms. The van der Waals surface area contributed by atoms with Crippen LogP contribution >= 0.6 is 0 Å². The van der Waals surface area contributed by atoms with Gasteiger partial charge in [-0.2, -0.15) is 0 Å². The van der Waals surface area contributed by atoms with Crippen LogP contribution in [-0.4, -0.2) is 24.5 Å². The van der Waals surface area contributed by atoms with E-state index < -0.39 is 0 Å². The van der Waals surface area contributed by atoms with E-state index in [1.54, 1.807) is 0 Å². The normalized spacial score (nSPS) is 39.1. The fraction of sp³-hybridized carbons (Fsp3) is 0.846. The standard InChI is InChI=1S/C13H23N/c1-9-8-14(5)12-10(9)6-7-11(12)13(2,3)4/h10-12H,1,6-8H2,2-5H3. The van der Waals surface area contributed by atoms with Crippen LogP contribution < -0.4 is 0 Å². The van der Waals surface area contributed by atoms with Gasteiger partial charge in [-0.05, 0) is 37.1 Å². The Labute approximate surface area is 88.2 Å². The first kappa shape index (κ1) is 10.2. The third kappa shape index (κ3) is 1.42. The lowest BCUT2D eigenvalue weighted by atomic mass is 9.76. The van der Waals surface area contributed by atoms with Crippen molar-refractivity contribution in [2.75, 3.05) is 13.6 Å². The third-order valence-electron chi connectivity index (χ3n) is 4.21. The fourth-order valence-corrected chi connectivity index (χ4v) is 3.53. The molecule has 3 unspecified atom stereocenters. The quantitative estimate of drug-likeness (QED) is 0.535. The van der Waals surface area contributed by atoms with E-state index in [2.05, 4.69) is 39.3 Å². The van der Waals surface area contributed by atoms with E-state index in [4.69, 9.17) is 0 Å². The first-order valence-electron chi connectivity index (χ1n) is 5.79. The molecule has 0 spiro atoms. The summed E-state index contributed by atoms with van der Waals surface area (Å²) in [6.07, 6.45) is 2.76. The summed E-state index contributed by atoms with van der Waals surface area (Å²) >= 11 is 0. The minimum Gasteiger partial charge on any atom is -0.299 e. The Bertz CT molecular complexity index is 248. The van der Waals surface area contributed by atoms with Gasteiger partial charge in [0.15, 0.2) is 0 Å². The Hall–Kier alpha value is -0.300. The van der Waals surface area contributed by atoms with Crippen LogP contribution in [-0.2, 0) is 0 Å². The summed E-state index contributed by atoms with van der Waals surface area (Å²) in [5.74, 6) is 1.65. The Morgan fingerprint density at radius 2 is 1.93 bits per heavy atom. The second kappa shape index (κ2) is 3.10. The van der Waals surface area contributed by atoms with Crippen molar-refractivity contribution in [1.82, 2.24) is 4.90 Å². The lowest BCUT2D eigenvalue weighted by Gasteiger charge is -2.35. The second-order valence-corrected chi connectivity index (χ2v) is 6.22. The molecule has 0 aromatic heterocycles. The molecule has 1 heterocycles. The molecular weight excluding hydrogens is 170 g/mol. The monoisotopic (exact) mass is 193 g/mol. The summed E-state index contributed by atoms with van der Waals surface area (Å²) in [6.45, 7) is 12.5. The van der Waals surface area contributed by atoms with Crippen molar-refractivity contribution in [3.63, 3.8) is 0 Å². The first-order valence-corrected chi connectivity index (χ1v) is 5.79. The summed E-state index contributed by atoms with van der Waals surface area (Å²) in [6, 6.07) is 0.780. The number of likely N-dealkylation sites (tertiary alicyclic amines) is 1. The van der Waals surface area contributed by atoms with E-state index >= 15 is 0 Å². The summed E-state index contributed by atoms with van der Waals surface area (Å²) in [7, 11) is 2.26. The number of hydrogen-bond donors (Lipinski definition) is 0. The number of fused-ring (bicyclic) bond motifs is 1. The highest BCUT2D eigenvalue weighted by molar-refractivity contribution is 5.18. The predicted molar refractivity (Wildman–Crippen MR) is 61.2 cm³/mol. The van der Waals surface area contributed by atoms with Crippen LogP contribution in [0.2, 0.25) is 0 Å². The van der Waals surface area contributed by atoms with E-state index in [1.807, 2.05) is 0 Å². The number of nitrogens with zero attached hydrogens (tertiary/aromatic N) is 1. The fourth-order valence-electron chi connectivity index (χ4n) is 3.53. The SMILES string of the molecule is C=C1CN(C)C2C1CCC2C(C)(C)C. The third-order valence-corrected chi connectivity index (χ3v) is 4.21. The molecule has 2 fully saturated rings. The lowest BCUT2D eigenvalue weighted by Crippen LogP contribution is -2.38. The Morgan fingerprint density at radius 1 is 1.29 bits per heavy atom. The Balaban J connectivity index is 2.22. The van der Waals surface area contributed by atoms with Gasteiger partial charge in [-0.15, -0.1) is 0 Å². The molecule has 14 heavy (non-hydrogen) atoms.